The highest BCUT2D eigenvalue weighted by molar-refractivity contribution is 7.17. The van der Waals surface area contributed by atoms with Crippen molar-refractivity contribution in [2.24, 2.45) is 0 Å². The van der Waals surface area contributed by atoms with E-state index in [0.717, 1.165) is 35.3 Å². The number of carbonyl (C=O) groups excluding carboxylic acids is 1. The fourth-order valence-corrected chi connectivity index (χ4v) is 3.38. The van der Waals surface area contributed by atoms with Crippen molar-refractivity contribution in [2.45, 2.75) is 33.7 Å². The SMILES string of the molecule is Cc1ccc(-c2nc(C)c(C(=O)NCCCn3ccnc3C)s2)o1. The Morgan fingerprint density at radius 3 is 2.83 bits per heavy atom. The van der Waals surface area contributed by atoms with E-state index in [1.807, 2.05) is 39.1 Å². The van der Waals surface area contributed by atoms with Gasteiger partial charge < -0.3 is 14.3 Å². The Morgan fingerprint density at radius 1 is 1.33 bits per heavy atom. The molecule has 3 aromatic rings. The number of aromatic nitrogens is 3. The van der Waals surface area contributed by atoms with Gasteiger partial charge in [0.1, 0.15) is 16.5 Å². The van der Waals surface area contributed by atoms with Crippen LogP contribution in [0.3, 0.4) is 0 Å². The second kappa shape index (κ2) is 7.00. The molecule has 0 spiro atoms. The van der Waals surface area contributed by atoms with E-state index in [1.165, 1.54) is 11.3 Å². The molecule has 7 heteroatoms. The average Bonchev–Trinajstić information content (AvgIpc) is 3.24. The first-order chi connectivity index (χ1) is 11.5. The number of imidazole rings is 1. The summed E-state index contributed by atoms with van der Waals surface area (Å²) in [6.45, 7) is 7.16. The van der Waals surface area contributed by atoms with Crippen LogP contribution in [0.5, 0.6) is 0 Å². The number of furan rings is 1. The van der Waals surface area contributed by atoms with Crippen LogP contribution < -0.4 is 5.32 Å². The molecule has 0 aliphatic carbocycles. The molecule has 3 heterocycles. The van der Waals surface area contributed by atoms with Gasteiger partial charge in [0.2, 0.25) is 0 Å². The highest BCUT2D eigenvalue weighted by Crippen LogP contribution is 2.29. The minimum atomic E-state index is -0.0816. The Hall–Kier alpha value is -2.41. The zero-order valence-corrected chi connectivity index (χ0v) is 14.8. The van der Waals surface area contributed by atoms with E-state index in [-0.39, 0.29) is 5.91 Å². The minimum absolute atomic E-state index is 0.0816. The molecule has 0 fully saturated rings. The lowest BCUT2D eigenvalue weighted by molar-refractivity contribution is 0.0956. The van der Waals surface area contributed by atoms with Crippen LogP contribution in [-0.2, 0) is 6.54 Å². The first-order valence-electron chi connectivity index (χ1n) is 7.85. The normalized spacial score (nSPS) is 11.0. The number of carbonyl (C=O) groups is 1. The highest BCUT2D eigenvalue weighted by Gasteiger charge is 2.17. The van der Waals surface area contributed by atoms with E-state index in [9.17, 15) is 4.79 Å². The molecule has 3 rings (SSSR count). The number of hydrogen-bond donors (Lipinski definition) is 1. The molecule has 0 atom stereocenters. The average molecular weight is 344 g/mol. The smallest absolute Gasteiger partial charge is 0.263 e. The Morgan fingerprint density at radius 2 is 2.17 bits per heavy atom. The van der Waals surface area contributed by atoms with Crippen LogP contribution in [0.4, 0.5) is 0 Å². The van der Waals surface area contributed by atoms with Gasteiger partial charge >= 0.3 is 0 Å². The second-order valence-electron chi connectivity index (χ2n) is 5.62. The predicted octanol–water partition coefficient (Wildman–Crippen LogP) is 3.34. The van der Waals surface area contributed by atoms with E-state index < -0.39 is 0 Å². The van der Waals surface area contributed by atoms with Gasteiger partial charge in [-0.2, -0.15) is 0 Å². The van der Waals surface area contributed by atoms with Crippen LogP contribution in [0, 0.1) is 20.8 Å². The third kappa shape index (κ3) is 3.56. The van der Waals surface area contributed by atoms with Crippen LogP contribution in [0.15, 0.2) is 28.9 Å². The van der Waals surface area contributed by atoms with E-state index in [4.69, 9.17) is 4.42 Å². The zero-order valence-electron chi connectivity index (χ0n) is 14.0. The molecule has 0 aliphatic heterocycles. The van der Waals surface area contributed by atoms with Crippen molar-refractivity contribution in [2.75, 3.05) is 6.54 Å². The number of hydrogen-bond acceptors (Lipinski definition) is 5. The summed E-state index contributed by atoms with van der Waals surface area (Å²) in [5.74, 6) is 2.44. The monoisotopic (exact) mass is 344 g/mol. The van der Waals surface area contributed by atoms with Gasteiger partial charge in [-0.15, -0.1) is 11.3 Å². The molecular weight excluding hydrogens is 324 g/mol. The molecule has 0 aliphatic rings. The lowest BCUT2D eigenvalue weighted by Gasteiger charge is -2.06. The first-order valence-corrected chi connectivity index (χ1v) is 8.66. The Bertz CT molecular complexity index is 847. The predicted molar refractivity (Wildman–Crippen MR) is 93.2 cm³/mol. The number of nitrogens with zero attached hydrogens (tertiary/aromatic N) is 3. The molecule has 0 unspecified atom stereocenters. The molecule has 6 nitrogen and oxygen atoms in total. The summed E-state index contributed by atoms with van der Waals surface area (Å²) in [6, 6.07) is 3.77. The quantitative estimate of drug-likeness (QED) is 0.696. The van der Waals surface area contributed by atoms with Gasteiger partial charge in [0.05, 0.1) is 5.69 Å². The maximum Gasteiger partial charge on any atom is 0.263 e. The summed E-state index contributed by atoms with van der Waals surface area (Å²) in [7, 11) is 0. The van der Waals surface area contributed by atoms with Crippen LogP contribution in [0.2, 0.25) is 0 Å². The standard InChI is InChI=1S/C17H20N4O2S/c1-11-5-6-14(23-11)17-20-12(2)15(24-17)16(22)19-7-4-9-21-10-8-18-13(21)3/h5-6,8,10H,4,7,9H2,1-3H3,(H,19,22). The van der Waals surface area contributed by atoms with Crippen molar-refractivity contribution in [1.29, 1.82) is 0 Å². The summed E-state index contributed by atoms with van der Waals surface area (Å²) < 4.78 is 7.65. The molecule has 1 amide bonds. The maximum atomic E-state index is 12.4. The summed E-state index contributed by atoms with van der Waals surface area (Å²) in [5, 5.41) is 3.69. The van der Waals surface area contributed by atoms with E-state index >= 15 is 0 Å². The molecule has 0 aromatic carbocycles. The lowest BCUT2D eigenvalue weighted by atomic mass is 10.3. The van der Waals surface area contributed by atoms with E-state index in [1.54, 1.807) is 6.20 Å². The molecule has 3 aromatic heterocycles. The van der Waals surface area contributed by atoms with Gasteiger partial charge in [-0.05, 0) is 39.3 Å². The Balaban J connectivity index is 1.57. The number of amides is 1. The van der Waals surface area contributed by atoms with Gasteiger partial charge in [-0.25, -0.2) is 9.97 Å². The van der Waals surface area contributed by atoms with Crippen LogP contribution in [0.25, 0.3) is 10.8 Å². The largest absolute Gasteiger partial charge is 0.459 e. The highest BCUT2D eigenvalue weighted by atomic mass is 32.1. The van der Waals surface area contributed by atoms with Gasteiger partial charge in [-0.3, -0.25) is 4.79 Å². The van der Waals surface area contributed by atoms with Crippen LogP contribution in [0.1, 0.15) is 33.4 Å². The van der Waals surface area contributed by atoms with Crippen molar-refractivity contribution in [3.8, 4) is 10.8 Å². The first kappa shape index (κ1) is 16.4. The lowest BCUT2D eigenvalue weighted by Crippen LogP contribution is -2.25. The molecule has 1 N–H and O–H groups in total. The van der Waals surface area contributed by atoms with Crippen LogP contribution in [-0.4, -0.2) is 27.0 Å². The third-order valence-corrected chi connectivity index (χ3v) is 4.91. The summed E-state index contributed by atoms with van der Waals surface area (Å²) in [6.07, 6.45) is 4.58. The summed E-state index contributed by atoms with van der Waals surface area (Å²) in [4.78, 5) is 21.6. The molecule has 0 saturated carbocycles. The fourth-order valence-electron chi connectivity index (χ4n) is 2.43. The van der Waals surface area contributed by atoms with Crippen molar-refractivity contribution >= 4 is 17.2 Å². The van der Waals surface area contributed by atoms with Crippen molar-refractivity contribution in [3.05, 3.63) is 46.7 Å². The number of rotatable bonds is 6. The van der Waals surface area contributed by atoms with Crippen molar-refractivity contribution < 1.29 is 9.21 Å². The molecule has 0 radical (unpaired) electrons. The molecule has 126 valence electrons. The topological polar surface area (TPSA) is 73.0 Å². The van der Waals surface area contributed by atoms with E-state index in [2.05, 4.69) is 19.9 Å². The zero-order chi connectivity index (χ0) is 17.1. The molecule has 0 bridgehead atoms. The molecular formula is C17H20N4O2S. The van der Waals surface area contributed by atoms with Crippen LogP contribution >= 0.6 is 11.3 Å². The maximum absolute atomic E-state index is 12.4. The van der Waals surface area contributed by atoms with Gasteiger partial charge in [0.15, 0.2) is 10.8 Å². The number of nitrogens with one attached hydrogen (secondary N) is 1. The molecule has 0 saturated heterocycles. The Labute approximate surface area is 144 Å². The number of aryl methyl sites for hydroxylation is 4. The number of thiazole rings is 1. The van der Waals surface area contributed by atoms with E-state index in [0.29, 0.717) is 17.2 Å². The summed E-state index contributed by atoms with van der Waals surface area (Å²) in [5.41, 5.74) is 0.729. The van der Waals surface area contributed by atoms with Crippen molar-refractivity contribution in [3.63, 3.8) is 0 Å². The van der Waals surface area contributed by atoms with Gasteiger partial charge in [-0.1, -0.05) is 0 Å². The second-order valence-corrected chi connectivity index (χ2v) is 6.62. The fraction of sp³-hybridized carbons (Fsp3) is 0.353. The van der Waals surface area contributed by atoms with Gasteiger partial charge in [0, 0.05) is 25.5 Å². The van der Waals surface area contributed by atoms with Crippen molar-refractivity contribution in [1.82, 2.24) is 19.9 Å². The van der Waals surface area contributed by atoms with Gasteiger partial charge in [0.25, 0.3) is 5.91 Å². The Kier molecular flexibility index (Phi) is 4.80. The minimum Gasteiger partial charge on any atom is -0.459 e. The molecule has 24 heavy (non-hydrogen) atoms. The third-order valence-electron chi connectivity index (χ3n) is 3.74. The summed E-state index contributed by atoms with van der Waals surface area (Å²) >= 11 is 1.36.